The van der Waals surface area contributed by atoms with Crippen molar-refractivity contribution in [2.45, 2.75) is 19.4 Å². The molecule has 1 saturated carbocycles. The Morgan fingerprint density at radius 1 is 1.16 bits per heavy atom. The number of anilines is 1. The highest BCUT2D eigenvalue weighted by molar-refractivity contribution is 5.96. The lowest BCUT2D eigenvalue weighted by Gasteiger charge is -2.22. The van der Waals surface area contributed by atoms with E-state index < -0.39 is 0 Å². The van der Waals surface area contributed by atoms with Gasteiger partial charge in [-0.1, -0.05) is 24.3 Å². The van der Waals surface area contributed by atoms with E-state index in [-0.39, 0.29) is 11.8 Å². The van der Waals surface area contributed by atoms with Crippen molar-refractivity contribution in [3.05, 3.63) is 60.4 Å². The van der Waals surface area contributed by atoms with Gasteiger partial charge in [-0.15, -0.1) is 0 Å². The molecule has 3 rings (SSSR count). The molecule has 19 heavy (non-hydrogen) atoms. The molecule has 2 aromatic rings. The topological polar surface area (TPSA) is 33.2 Å². The van der Waals surface area contributed by atoms with Gasteiger partial charge in [-0.05, 0) is 36.6 Å². The average Bonchev–Trinajstić information content (AvgIpc) is 3.31. The monoisotopic (exact) mass is 252 g/mol. The molecule has 0 saturated heterocycles. The van der Waals surface area contributed by atoms with Gasteiger partial charge >= 0.3 is 0 Å². The molecule has 1 aromatic carbocycles. The number of carbonyl (C=O) groups is 1. The Hall–Kier alpha value is -2.16. The normalized spacial score (nSPS) is 14.1. The maximum atomic E-state index is 12.4. The Bertz CT molecular complexity index is 549. The minimum atomic E-state index is 0.219. The van der Waals surface area contributed by atoms with Gasteiger partial charge in [-0.25, -0.2) is 0 Å². The molecule has 1 amide bonds. The summed E-state index contributed by atoms with van der Waals surface area (Å²) < 4.78 is 0. The van der Waals surface area contributed by atoms with Crippen molar-refractivity contribution in [3.8, 4) is 0 Å². The number of para-hydroxylation sites is 1. The van der Waals surface area contributed by atoms with E-state index >= 15 is 0 Å². The van der Waals surface area contributed by atoms with Crippen LogP contribution in [0.5, 0.6) is 0 Å². The minimum Gasteiger partial charge on any atom is -0.308 e. The number of hydrogen-bond acceptors (Lipinski definition) is 2. The molecular formula is C16H16N2O. The number of pyridine rings is 1. The Labute approximate surface area is 112 Å². The minimum absolute atomic E-state index is 0.219. The predicted molar refractivity (Wildman–Crippen MR) is 74.6 cm³/mol. The molecule has 1 aliphatic carbocycles. The van der Waals surface area contributed by atoms with E-state index in [0.29, 0.717) is 6.54 Å². The van der Waals surface area contributed by atoms with Crippen molar-refractivity contribution in [3.63, 3.8) is 0 Å². The Morgan fingerprint density at radius 2 is 1.95 bits per heavy atom. The second kappa shape index (κ2) is 5.22. The van der Waals surface area contributed by atoms with Crippen LogP contribution in [0.25, 0.3) is 0 Å². The van der Waals surface area contributed by atoms with Gasteiger partial charge in [0.15, 0.2) is 0 Å². The summed E-state index contributed by atoms with van der Waals surface area (Å²) in [5.74, 6) is 0.451. The standard InChI is InChI=1S/C16H16N2O/c19-16(14-8-9-14)18(15-6-2-1-3-7-15)12-13-5-4-10-17-11-13/h1-7,10-11,14H,8-9,12H2. The van der Waals surface area contributed by atoms with Gasteiger partial charge in [0.1, 0.15) is 0 Å². The quantitative estimate of drug-likeness (QED) is 0.838. The third kappa shape index (κ3) is 2.81. The molecule has 0 spiro atoms. The van der Waals surface area contributed by atoms with Gasteiger partial charge in [-0.2, -0.15) is 0 Å². The molecule has 3 nitrogen and oxygen atoms in total. The first-order valence-corrected chi connectivity index (χ1v) is 6.60. The van der Waals surface area contributed by atoms with E-state index in [1.54, 1.807) is 6.20 Å². The first-order chi connectivity index (χ1) is 9.34. The molecule has 0 unspecified atom stereocenters. The second-order valence-corrected chi connectivity index (χ2v) is 4.90. The largest absolute Gasteiger partial charge is 0.308 e. The Kier molecular flexibility index (Phi) is 3.27. The summed E-state index contributed by atoms with van der Waals surface area (Å²) in [6.45, 7) is 0.590. The van der Waals surface area contributed by atoms with Gasteiger partial charge in [0.2, 0.25) is 5.91 Å². The zero-order chi connectivity index (χ0) is 13.1. The van der Waals surface area contributed by atoms with Crippen molar-refractivity contribution in [2.75, 3.05) is 4.90 Å². The van der Waals surface area contributed by atoms with Crippen LogP contribution in [0, 0.1) is 5.92 Å². The number of nitrogens with zero attached hydrogens (tertiary/aromatic N) is 2. The van der Waals surface area contributed by atoms with Gasteiger partial charge in [0, 0.05) is 24.0 Å². The number of hydrogen-bond donors (Lipinski definition) is 0. The highest BCUT2D eigenvalue weighted by Crippen LogP contribution is 2.33. The molecule has 0 N–H and O–H groups in total. The summed E-state index contributed by atoms with van der Waals surface area (Å²) in [6, 6.07) is 13.8. The van der Waals surface area contributed by atoms with Crippen molar-refractivity contribution < 1.29 is 4.79 Å². The molecule has 1 aromatic heterocycles. The molecule has 1 aliphatic rings. The SMILES string of the molecule is O=C(C1CC1)N(Cc1cccnc1)c1ccccc1. The van der Waals surface area contributed by atoms with E-state index in [2.05, 4.69) is 4.98 Å². The van der Waals surface area contributed by atoms with Crippen LogP contribution in [0.3, 0.4) is 0 Å². The van der Waals surface area contributed by atoms with Crippen LogP contribution in [0.1, 0.15) is 18.4 Å². The van der Waals surface area contributed by atoms with Crippen LogP contribution in [0.15, 0.2) is 54.9 Å². The average molecular weight is 252 g/mol. The van der Waals surface area contributed by atoms with Crippen molar-refractivity contribution >= 4 is 11.6 Å². The number of carbonyl (C=O) groups excluding carboxylic acids is 1. The third-order valence-electron chi connectivity index (χ3n) is 3.32. The first-order valence-electron chi connectivity index (χ1n) is 6.60. The highest BCUT2D eigenvalue weighted by Gasteiger charge is 2.34. The smallest absolute Gasteiger partial charge is 0.230 e. The van der Waals surface area contributed by atoms with E-state index in [4.69, 9.17) is 0 Å². The summed E-state index contributed by atoms with van der Waals surface area (Å²) in [4.78, 5) is 18.4. The third-order valence-corrected chi connectivity index (χ3v) is 3.32. The molecule has 1 heterocycles. The highest BCUT2D eigenvalue weighted by atomic mass is 16.2. The lowest BCUT2D eigenvalue weighted by atomic mass is 10.2. The van der Waals surface area contributed by atoms with Gasteiger partial charge in [-0.3, -0.25) is 9.78 Å². The van der Waals surface area contributed by atoms with Crippen LogP contribution in [0.4, 0.5) is 5.69 Å². The van der Waals surface area contributed by atoms with E-state index in [9.17, 15) is 4.79 Å². The fraction of sp³-hybridized carbons (Fsp3) is 0.250. The molecule has 1 fully saturated rings. The second-order valence-electron chi connectivity index (χ2n) is 4.90. The zero-order valence-electron chi connectivity index (χ0n) is 10.7. The van der Waals surface area contributed by atoms with E-state index in [1.807, 2.05) is 53.6 Å². The zero-order valence-corrected chi connectivity index (χ0v) is 10.7. The fourth-order valence-corrected chi connectivity index (χ4v) is 2.13. The van der Waals surface area contributed by atoms with Crippen molar-refractivity contribution in [1.82, 2.24) is 4.98 Å². The first kappa shape index (κ1) is 11.9. The van der Waals surface area contributed by atoms with Gasteiger partial charge in [0.25, 0.3) is 0 Å². The molecule has 0 radical (unpaired) electrons. The van der Waals surface area contributed by atoms with Crippen LogP contribution >= 0.6 is 0 Å². The number of amides is 1. The molecule has 0 aliphatic heterocycles. The summed E-state index contributed by atoms with van der Waals surface area (Å²) in [5, 5.41) is 0. The van der Waals surface area contributed by atoms with E-state index in [0.717, 1.165) is 24.1 Å². The molecule has 3 heteroatoms. The summed E-state index contributed by atoms with van der Waals surface area (Å²) in [7, 11) is 0. The number of rotatable bonds is 4. The van der Waals surface area contributed by atoms with Crippen molar-refractivity contribution in [1.29, 1.82) is 0 Å². The molecular weight excluding hydrogens is 236 g/mol. The lowest BCUT2D eigenvalue weighted by Crippen LogP contribution is -2.31. The number of aromatic nitrogens is 1. The summed E-state index contributed by atoms with van der Waals surface area (Å²) >= 11 is 0. The fourth-order valence-electron chi connectivity index (χ4n) is 2.13. The molecule has 0 bridgehead atoms. The maximum Gasteiger partial charge on any atom is 0.230 e. The van der Waals surface area contributed by atoms with Crippen LogP contribution < -0.4 is 4.90 Å². The Morgan fingerprint density at radius 3 is 2.58 bits per heavy atom. The van der Waals surface area contributed by atoms with Crippen LogP contribution in [-0.2, 0) is 11.3 Å². The maximum absolute atomic E-state index is 12.4. The molecule has 0 atom stereocenters. The van der Waals surface area contributed by atoms with Crippen LogP contribution in [-0.4, -0.2) is 10.9 Å². The molecule has 96 valence electrons. The number of benzene rings is 1. The van der Waals surface area contributed by atoms with Crippen LogP contribution in [0.2, 0.25) is 0 Å². The Balaban J connectivity index is 1.86. The summed E-state index contributed by atoms with van der Waals surface area (Å²) in [6.07, 6.45) is 5.61. The van der Waals surface area contributed by atoms with Gasteiger partial charge in [0.05, 0.1) is 6.54 Å². The predicted octanol–water partition coefficient (Wildman–Crippen LogP) is 3.02. The van der Waals surface area contributed by atoms with Gasteiger partial charge < -0.3 is 4.90 Å². The van der Waals surface area contributed by atoms with Crippen molar-refractivity contribution in [2.24, 2.45) is 5.92 Å². The lowest BCUT2D eigenvalue weighted by molar-refractivity contribution is -0.119. The van der Waals surface area contributed by atoms with E-state index in [1.165, 1.54) is 0 Å². The summed E-state index contributed by atoms with van der Waals surface area (Å²) in [5.41, 5.74) is 2.02.